The summed E-state index contributed by atoms with van der Waals surface area (Å²) < 4.78 is 0. The second kappa shape index (κ2) is 7.14. The molecule has 1 aromatic rings. The van der Waals surface area contributed by atoms with Gasteiger partial charge in [-0.1, -0.05) is 30.3 Å². The van der Waals surface area contributed by atoms with Gasteiger partial charge in [-0.2, -0.15) is 0 Å². The second-order valence-electron chi connectivity index (χ2n) is 5.07. The van der Waals surface area contributed by atoms with Gasteiger partial charge in [0, 0.05) is 13.1 Å². The lowest BCUT2D eigenvalue weighted by molar-refractivity contribution is 0.172. The Hall–Kier alpha value is -1.55. The zero-order valence-electron chi connectivity index (χ0n) is 11.2. The van der Waals surface area contributed by atoms with Crippen molar-refractivity contribution >= 4 is 6.03 Å². The number of aliphatic hydroxyl groups excluding tert-OH is 1. The number of hydrogen-bond donors (Lipinski definition) is 2. The Morgan fingerprint density at radius 2 is 1.89 bits per heavy atom. The van der Waals surface area contributed by atoms with E-state index in [1.807, 2.05) is 35.2 Å². The summed E-state index contributed by atoms with van der Waals surface area (Å²) in [7, 11) is 0. The molecular formula is C15H22N2O2. The van der Waals surface area contributed by atoms with E-state index < -0.39 is 0 Å². The van der Waals surface area contributed by atoms with Gasteiger partial charge in [0.1, 0.15) is 0 Å². The molecule has 1 fully saturated rings. The number of carbonyl (C=O) groups excluding carboxylic acids is 1. The Morgan fingerprint density at radius 3 is 2.53 bits per heavy atom. The van der Waals surface area contributed by atoms with Crippen LogP contribution >= 0.6 is 0 Å². The Morgan fingerprint density at radius 1 is 1.21 bits per heavy atom. The fraction of sp³-hybridized carbons (Fsp3) is 0.533. The van der Waals surface area contributed by atoms with E-state index in [2.05, 4.69) is 5.32 Å². The van der Waals surface area contributed by atoms with E-state index in [0.29, 0.717) is 6.42 Å². The minimum absolute atomic E-state index is 0.0333. The monoisotopic (exact) mass is 262 g/mol. The molecule has 1 heterocycles. The van der Waals surface area contributed by atoms with Gasteiger partial charge in [0.25, 0.3) is 0 Å². The summed E-state index contributed by atoms with van der Waals surface area (Å²) in [6, 6.07) is 9.66. The van der Waals surface area contributed by atoms with Crippen LogP contribution in [0.5, 0.6) is 0 Å². The molecule has 4 nitrogen and oxygen atoms in total. The average molecular weight is 262 g/mol. The summed E-state index contributed by atoms with van der Waals surface area (Å²) in [5.41, 5.74) is 1.13. The minimum Gasteiger partial charge on any atom is -0.394 e. The Balaban J connectivity index is 1.86. The van der Waals surface area contributed by atoms with E-state index in [0.717, 1.165) is 31.5 Å². The zero-order valence-corrected chi connectivity index (χ0v) is 11.2. The van der Waals surface area contributed by atoms with Gasteiger partial charge in [0.15, 0.2) is 0 Å². The predicted octanol–water partition coefficient (Wildman–Crippen LogP) is 1.79. The van der Waals surface area contributed by atoms with Crippen molar-refractivity contribution in [2.75, 3.05) is 19.7 Å². The van der Waals surface area contributed by atoms with Crippen molar-refractivity contribution in [3.05, 3.63) is 35.9 Å². The molecule has 4 heteroatoms. The molecule has 1 aliphatic heterocycles. The van der Waals surface area contributed by atoms with Crippen LogP contribution in [0.25, 0.3) is 0 Å². The molecule has 1 atom stereocenters. The number of nitrogens with zero attached hydrogens (tertiary/aromatic N) is 1. The summed E-state index contributed by atoms with van der Waals surface area (Å²) in [6.07, 6.45) is 4.03. The molecule has 2 N–H and O–H groups in total. The number of likely N-dealkylation sites (tertiary alicyclic amines) is 1. The highest BCUT2D eigenvalue weighted by atomic mass is 16.3. The maximum Gasteiger partial charge on any atom is 0.317 e. The number of carbonyl (C=O) groups is 1. The standard InChI is InChI=1S/C15H22N2O2/c18-12-14(11-13-7-3-1-4-8-13)16-15(19)17-9-5-2-6-10-17/h1,3-4,7-8,14,18H,2,5-6,9-12H2,(H,16,19)/t14-/m0/s1. The first-order chi connectivity index (χ1) is 9.29. The second-order valence-corrected chi connectivity index (χ2v) is 5.07. The third-order valence-electron chi connectivity index (χ3n) is 3.52. The van der Waals surface area contributed by atoms with Crippen LogP contribution in [0.1, 0.15) is 24.8 Å². The van der Waals surface area contributed by atoms with E-state index in [1.165, 1.54) is 6.42 Å². The van der Waals surface area contributed by atoms with E-state index >= 15 is 0 Å². The van der Waals surface area contributed by atoms with Crippen molar-refractivity contribution < 1.29 is 9.90 Å². The van der Waals surface area contributed by atoms with E-state index in [1.54, 1.807) is 0 Å². The molecule has 2 amide bonds. The van der Waals surface area contributed by atoms with Crippen molar-refractivity contribution in [2.45, 2.75) is 31.7 Å². The van der Waals surface area contributed by atoms with Gasteiger partial charge in [-0.15, -0.1) is 0 Å². The number of urea groups is 1. The van der Waals surface area contributed by atoms with Crippen LogP contribution in [0.3, 0.4) is 0 Å². The lowest BCUT2D eigenvalue weighted by Gasteiger charge is -2.29. The molecule has 0 aliphatic carbocycles. The Kier molecular flexibility index (Phi) is 5.21. The largest absolute Gasteiger partial charge is 0.394 e. The lowest BCUT2D eigenvalue weighted by atomic mass is 10.1. The molecular weight excluding hydrogens is 240 g/mol. The highest BCUT2D eigenvalue weighted by Gasteiger charge is 2.19. The highest BCUT2D eigenvalue weighted by molar-refractivity contribution is 5.74. The summed E-state index contributed by atoms with van der Waals surface area (Å²) in [4.78, 5) is 13.9. The minimum atomic E-state index is -0.211. The van der Waals surface area contributed by atoms with Gasteiger partial charge in [-0.05, 0) is 31.2 Å². The number of piperidine rings is 1. The fourth-order valence-corrected chi connectivity index (χ4v) is 2.42. The van der Waals surface area contributed by atoms with E-state index in [9.17, 15) is 9.90 Å². The molecule has 0 saturated carbocycles. The van der Waals surface area contributed by atoms with Crippen LogP contribution < -0.4 is 5.32 Å². The van der Waals surface area contributed by atoms with Crippen molar-refractivity contribution in [3.8, 4) is 0 Å². The topological polar surface area (TPSA) is 52.6 Å². The van der Waals surface area contributed by atoms with E-state index in [-0.39, 0.29) is 18.7 Å². The molecule has 2 rings (SSSR count). The smallest absolute Gasteiger partial charge is 0.317 e. The highest BCUT2D eigenvalue weighted by Crippen LogP contribution is 2.09. The summed E-state index contributed by atoms with van der Waals surface area (Å²) in [5, 5.41) is 12.3. The average Bonchev–Trinajstić information content (AvgIpc) is 2.48. The third kappa shape index (κ3) is 4.24. The van der Waals surface area contributed by atoms with Crippen molar-refractivity contribution in [3.63, 3.8) is 0 Å². The van der Waals surface area contributed by atoms with Gasteiger partial charge in [0.05, 0.1) is 12.6 Å². The molecule has 1 saturated heterocycles. The predicted molar refractivity (Wildman–Crippen MR) is 75.0 cm³/mol. The molecule has 1 aromatic carbocycles. The Bertz CT molecular complexity index is 388. The van der Waals surface area contributed by atoms with Gasteiger partial charge in [0.2, 0.25) is 0 Å². The number of benzene rings is 1. The van der Waals surface area contributed by atoms with Crippen LogP contribution in [-0.4, -0.2) is 41.8 Å². The molecule has 0 bridgehead atoms. The molecule has 19 heavy (non-hydrogen) atoms. The summed E-state index contributed by atoms with van der Waals surface area (Å²) in [5.74, 6) is 0. The SMILES string of the molecule is O=C(N[C@H](CO)Cc1ccccc1)N1CCCCC1. The van der Waals surface area contributed by atoms with Crippen LogP contribution in [0.2, 0.25) is 0 Å². The van der Waals surface area contributed by atoms with Gasteiger partial charge in [-0.3, -0.25) is 0 Å². The van der Waals surface area contributed by atoms with Crippen LogP contribution in [0, 0.1) is 0 Å². The maximum atomic E-state index is 12.1. The third-order valence-corrected chi connectivity index (χ3v) is 3.52. The number of amides is 2. The molecule has 0 unspecified atom stereocenters. The molecule has 0 spiro atoms. The number of rotatable bonds is 4. The molecule has 1 aliphatic rings. The fourth-order valence-electron chi connectivity index (χ4n) is 2.42. The van der Waals surface area contributed by atoms with Gasteiger partial charge >= 0.3 is 6.03 Å². The first-order valence-corrected chi connectivity index (χ1v) is 7.00. The van der Waals surface area contributed by atoms with Gasteiger partial charge < -0.3 is 15.3 Å². The maximum absolute atomic E-state index is 12.1. The van der Waals surface area contributed by atoms with Gasteiger partial charge in [-0.25, -0.2) is 4.79 Å². The van der Waals surface area contributed by atoms with E-state index in [4.69, 9.17) is 0 Å². The number of hydrogen-bond acceptors (Lipinski definition) is 2. The van der Waals surface area contributed by atoms with Crippen molar-refractivity contribution in [1.82, 2.24) is 10.2 Å². The van der Waals surface area contributed by atoms with Crippen molar-refractivity contribution in [2.24, 2.45) is 0 Å². The van der Waals surface area contributed by atoms with Crippen LogP contribution in [0.15, 0.2) is 30.3 Å². The first kappa shape index (κ1) is 13.9. The number of nitrogens with one attached hydrogen (secondary N) is 1. The first-order valence-electron chi connectivity index (χ1n) is 7.00. The molecule has 0 radical (unpaired) electrons. The quantitative estimate of drug-likeness (QED) is 0.869. The molecule has 0 aromatic heterocycles. The van der Waals surface area contributed by atoms with Crippen LogP contribution in [0.4, 0.5) is 4.79 Å². The summed E-state index contributed by atoms with van der Waals surface area (Å²) >= 11 is 0. The van der Waals surface area contributed by atoms with Crippen molar-refractivity contribution in [1.29, 1.82) is 0 Å². The lowest BCUT2D eigenvalue weighted by Crippen LogP contribution is -2.48. The Labute approximate surface area is 114 Å². The zero-order chi connectivity index (χ0) is 13.5. The molecule has 104 valence electrons. The normalized spacial score (nSPS) is 17.0. The number of aliphatic hydroxyl groups is 1. The summed E-state index contributed by atoms with van der Waals surface area (Å²) in [6.45, 7) is 1.62. The van der Waals surface area contributed by atoms with Crippen LogP contribution in [-0.2, 0) is 6.42 Å².